The van der Waals surface area contributed by atoms with Crippen LogP contribution in [0.5, 0.6) is 0 Å². The molecule has 0 aromatic carbocycles. The maximum atomic E-state index is 6.55. The molecule has 3 nitrogen and oxygen atoms in total. The van der Waals surface area contributed by atoms with Crippen LogP contribution in [0.1, 0.15) is 65.7 Å². The van der Waals surface area contributed by atoms with Crippen LogP contribution in [-0.2, 0) is 14.2 Å². The Morgan fingerprint density at radius 3 is 2.61 bits per heavy atom. The van der Waals surface area contributed by atoms with Gasteiger partial charge in [-0.05, 0) is 61.2 Å². The van der Waals surface area contributed by atoms with Gasteiger partial charge in [0.25, 0.3) is 0 Å². The molecule has 0 N–H and O–H groups in total. The maximum Gasteiger partial charge on any atom is 0.168 e. The predicted molar refractivity (Wildman–Crippen MR) is 85.5 cm³/mol. The highest BCUT2D eigenvalue weighted by Crippen LogP contribution is 2.78. The third-order valence-electron chi connectivity index (χ3n) is 9.39. The molecule has 1 spiro atoms. The van der Waals surface area contributed by atoms with E-state index in [0.717, 1.165) is 18.4 Å². The normalized spacial score (nSPS) is 64.6. The van der Waals surface area contributed by atoms with Gasteiger partial charge in [-0.15, -0.1) is 0 Å². The predicted octanol–water partition coefficient (Wildman–Crippen LogP) is 4.11. The van der Waals surface area contributed by atoms with Crippen LogP contribution in [0.2, 0.25) is 0 Å². The zero-order valence-corrected chi connectivity index (χ0v) is 14.8. The third-order valence-corrected chi connectivity index (χ3v) is 9.39. The number of fused-ring (bicyclic) bond motifs is 2. The van der Waals surface area contributed by atoms with Gasteiger partial charge >= 0.3 is 0 Å². The lowest BCUT2D eigenvalue weighted by Crippen LogP contribution is -2.60. The van der Waals surface area contributed by atoms with E-state index in [9.17, 15) is 0 Å². The summed E-state index contributed by atoms with van der Waals surface area (Å²) in [4.78, 5) is 0. The zero-order chi connectivity index (χ0) is 15.7. The molecule has 6 rings (SSSR count). The highest BCUT2D eigenvalue weighted by Gasteiger charge is 2.81. The number of hydrogen-bond acceptors (Lipinski definition) is 3. The SMILES string of the molecule is CC1(C)CCC[C@]2(C)[C@H]3CC[C@@]45CO[C@@H]6O[C@@H](O4)[C@]3(CC[C@@H]12)[C@H]65. The van der Waals surface area contributed by atoms with E-state index < -0.39 is 0 Å². The van der Waals surface area contributed by atoms with E-state index in [1.165, 1.54) is 44.9 Å². The van der Waals surface area contributed by atoms with Crippen molar-refractivity contribution in [2.45, 2.75) is 83.9 Å². The zero-order valence-electron chi connectivity index (χ0n) is 14.8. The van der Waals surface area contributed by atoms with Crippen LogP contribution in [0.3, 0.4) is 0 Å². The molecule has 4 bridgehead atoms. The van der Waals surface area contributed by atoms with Crippen molar-refractivity contribution in [3.8, 4) is 0 Å². The lowest BCUT2D eigenvalue weighted by atomic mass is 9.39. The number of rotatable bonds is 0. The Balaban J connectivity index is 1.49. The molecular weight excluding hydrogens is 288 g/mol. The van der Waals surface area contributed by atoms with Gasteiger partial charge in [0.05, 0.1) is 12.5 Å². The molecule has 6 fully saturated rings. The lowest BCUT2D eigenvalue weighted by Gasteiger charge is -2.64. The summed E-state index contributed by atoms with van der Waals surface area (Å²) in [6, 6.07) is 0. The fraction of sp³-hybridized carbons (Fsp3) is 1.00. The average molecular weight is 318 g/mol. The van der Waals surface area contributed by atoms with Crippen LogP contribution in [0.25, 0.3) is 0 Å². The van der Waals surface area contributed by atoms with E-state index in [4.69, 9.17) is 14.2 Å². The first-order valence-electron chi connectivity index (χ1n) is 9.87. The van der Waals surface area contributed by atoms with Crippen molar-refractivity contribution < 1.29 is 14.2 Å². The molecule has 128 valence electrons. The van der Waals surface area contributed by atoms with Gasteiger partial charge < -0.3 is 14.2 Å². The third kappa shape index (κ3) is 1.32. The monoisotopic (exact) mass is 318 g/mol. The molecule has 3 heteroatoms. The highest BCUT2D eigenvalue weighted by molar-refractivity contribution is 5.24. The first-order chi connectivity index (χ1) is 10.9. The molecule has 0 amide bonds. The van der Waals surface area contributed by atoms with Crippen molar-refractivity contribution in [1.82, 2.24) is 0 Å². The van der Waals surface area contributed by atoms with Gasteiger partial charge in [-0.25, -0.2) is 0 Å². The summed E-state index contributed by atoms with van der Waals surface area (Å²) in [7, 11) is 0. The van der Waals surface area contributed by atoms with E-state index >= 15 is 0 Å². The van der Waals surface area contributed by atoms with Gasteiger partial charge in [-0.1, -0.05) is 27.2 Å². The van der Waals surface area contributed by atoms with E-state index in [-0.39, 0.29) is 23.6 Å². The van der Waals surface area contributed by atoms with Crippen LogP contribution in [0, 0.1) is 34.0 Å². The Labute approximate surface area is 139 Å². The largest absolute Gasteiger partial charge is 0.349 e. The lowest BCUT2D eigenvalue weighted by molar-refractivity contribution is -0.234. The minimum Gasteiger partial charge on any atom is -0.349 e. The quantitative estimate of drug-likeness (QED) is 0.673. The second-order valence-electron chi connectivity index (χ2n) is 10.5. The topological polar surface area (TPSA) is 27.7 Å². The Morgan fingerprint density at radius 2 is 1.74 bits per heavy atom. The average Bonchev–Trinajstić information content (AvgIpc) is 2.98. The molecule has 6 aliphatic rings. The Morgan fingerprint density at radius 1 is 0.913 bits per heavy atom. The van der Waals surface area contributed by atoms with Crippen LogP contribution in [0.4, 0.5) is 0 Å². The van der Waals surface area contributed by atoms with Crippen LogP contribution in [0.15, 0.2) is 0 Å². The molecule has 23 heavy (non-hydrogen) atoms. The summed E-state index contributed by atoms with van der Waals surface area (Å²) in [5.41, 5.74) is 1.24. The standard InChI is InChI=1S/C20H30O3/c1-17(2)7-4-8-18(3)12(17)6-10-20-13(18)5-9-19-11-21-15(14(19)20)22-16(20)23-19/h12-16H,4-11H2,1-3H3/t12-,13+,14+,15+,16-,18-,19-,20-/m0/s1. The summed E-state index contributed by atoms with van der Waals surface area (Å²) < 4.78 is 18.8. The molecule has 8 atom stereocenters. The summed E-state index contributed by atoms with van der Waals surface area (Å²) in [5.74, 6) is 2.15. The molecule has 3 aliphatic heterocycles. The fourth-order valence-electron chi connectivity index (χ4n) is 8.79. The summed E-state index contributed by atoms with van der Waals surface area (Å²) >= 11 is 0. The molecular formula is C20H30O3. The molecule has 0 unspecified atom stereocenters. The molecule has 3 saturated heterocycles. The van der Waals surface area contributed by atoms with Gasteiger partial charge in [0.15, 0.2) is 12.6 Å². The van der Waals surface area contributed by atoms with Gasteiger partial charge in [0.1, 0.15) is 5.60 Å². The molecule has 3 heterocycles. The summed E-state index contributed by atoms with van der Waals surface area (Å²) in [6.07, 6.45) is 9.46. The summed E-state index contributed by atoms with van der Waals surface area (Å²) in [6.45, 7) is 8.46. The molecule has 0 aromatic rings. The van der Waals surface area contributed by atoms with Crippen LogP contribution < -0.4 is 0 Å². The molecule has 0 radical (unpaired) electrons. The minimum absolute atomic E-state index is 0.0114. The van der Waals surface area contributed by atoms with E-state index in [1.54, 1.807) is 0 Å². The Hall–Kier alpha value is -0.120. The minimum atomic E-state index is 0.0114. The fourth-order valence-corrected chi connectivity index (χ4v) is 8.79. The van der Waals surface area contributed by atoms with E-state index in [2.05, 4.69) is 20.8 Å². The Bertz CT molecular complexity index is 573. The van der Waals surface area contributed by atoms with Crippen LogP contribution in [-0.4, -0.2) is 24.8 Å². The van der Waals surface area contributed by atoms with Crippen molar-refractivity contribution in [2.24, 2.45) is 34.0 Å². The van der Waals surface area contributed by atoms with E-state index in [1.807, 2.05) is 0 Å². The van der Waals surface area contributed by atoms with Gasteiger partial charge in [-0.3, -0.25) is 0 Å². The van der Waals surface area contributed by atoms with Crippen molar-refractivity contribution in [2.75, 3.05) is 6.61 Å². The second kappa shape index (κ2) is 3.83. The highest BCUT2D eigenvalue weighted by atomic mass is 16.8. The van der Waals surface area contributed by atoms with Crippen molar-refractivity contribution in [1.29, 1.82) is 0 Å². The Kier molecular flexibility index (Phi) is 2.35. The molecule has 3 saturated carbocycles. The van der Waals surface area contributed by atoms with Gasteiger partial charge in [0.2, 0.25) is 0 Å². The number of hydrogen-bond donors (Lipinski definition) is 0. The van der Waals surface area contributed by atoms with Crippen LogP contribution >= 0.6 is 0 Å². The van der Waals surface area contributed by atoms with Gasteiger partial charge in [0, 0.05) is 5.41 Å². The number of ether oxygens (including phenoxy) is 3. The summed E-state index contributed by atoms with van der Waals surface area (Å²) in [5, 5.41) is 0. The second-order valence-corrected chi connectivity index (χ2v) is 10.5. The van der Waals surface area contributed by atoms with Crippen molar-refractivity contribution >= 4 is 0 Å². The molecule has 3 aliphatic carbocycles. The van der Waals surface area contributed by atoms with Crippen molar-refractivity contribution in [3.63, 3.8) is 0 Å². The van der Waals surface area contributed by atoms with E-state index in [0.29, 0.717) is 16.7 Å². The van der Waals surface area contributed by atoms with Crippen molar-refractivity contribution in [3.05, 3.63) is 0 Å². The smallest absolute Gasteiger partial charge is 0.168 e. The first kappa shape index (κ1) is 14.1. The van der Waals surface area contributed by atoms with Gasteiger partial charge in [-0.2, -0.15) is 0 Å². The first-order valence-corrected chi connectivity index (χ1v) is 9.87. The molecule has 0 aromatic heterocycles. The maximum absolute atomic E-state index is 6.55.